The Morgan fingerprint density at radius 3 is 2.80 bits per heavy atom. The van der Waals surface area contributed by atoms with Crippen LogP contribution in [-0.2, 0) is 0 Å². The van der Waals surface area contributed by atoms with Gasteiger partial charge in [-0.2, -0.15) is 0 Å². The zero-order chi connectivity index (χ0) is 7.56. The average Bonchev–Trinajstić information content (AvgIpc) is 2.34. The largest absolute Gasteiger partial charge is 0.323 e. The van der Waals surface area contributed by atoms with Gasteiger partial charge in [-0.25, -0.2) is 0 Å². The van der Waals surface area contributed by atoms with Crippen molar-refractivity contribution >= 4 is 22.9 Å². The van der Waals surface area contributed by atoms with Gasteiger partial charge in [-0.1, -0.05) is 18.5 Å². The van der Waals surface area contributed by atoms with Gasteiger partial charge in [-0.15, -0.1) is 11.3 Å². The lowest BCUT2D eigenvalue weighted by atomic mass is 10.2. The zero-order valence-electron chi connectivity index (χ0n) is 5.80. The topological polar surface area (TPSA) is 26.0 Å². The molecule has 0 saturated carbocycles. The third-order valence-electron chi connectivity index (χ3n) is 1.40. The van der Waals surface area contributed by atoms with Crippen LogP contribution in [0.1, 0.15) is 24.3 Å². The van der Waals surface area contributed by atoms with Crippen molar-refractivity contribution in [3.63, 3.8) is 0 Å². The molecule has 1 aromatic rings. The van der Waals surface area contributed by atoms with E-state index in [4.69, 9.17) is 17.3 Å². The highest BCUT2D eigenvalue weighted by Gasteiger charge is 2.04. The molecule has 0 saturated heterocycles. The van der Waals surface area contributed by atoms with Gasteiger partial charge in [0.05, 0.1) is 4.34 Å². The van der Waals surface area contributed by atoms with Gasteiger partial charge in [-0.05, 0) is 18.6 Å². The van der Waals surface area contributed by atoms with E-state index in [9.17, 15) is 0 Å². The second-order valence-electron chi connectivity index (χ2n) is 2.16. The smallest absolute Gasteiger partial charge is 0.0931 e. The number of hydrogen-bond acceptors (Lipinski definition) is 2. The summed E-state index contributed by atoms with van der Waals surface area (Å²) in [5, 5.41) is 0. The minimum absolute atomic E-state index is 0.164. The SMILES string of the molecule is CC[C@H](N)c1ccc(Cl)s1. The third kappa shape index (κ3) is 1.72. The lowest BCUT2D eigenvalue weighted by molar-refractivity contribution is 0.712. The minimum Gasteiger partial charge on any atom is -0.323 e. The fourth-order valence-corrected chi connectivity index (χ4v) is 1.87. The van der Waals surface area contributed by atoms with E-state index in [1.807, 2.05) is 12.1 Å². The van der Waals surface area contributed by atoms with Crippen LogP contribution >= 0.6 is 22.9 Å². The molecule has 2 N–H and O–H groups in total. The van der Waals surface area contributed by atoms with E-state index in [1.54, 1.807) is 11.3 Å². The number of hydrogen-bond donors (Lipinski definition) is 1. The summed E-state index contributed by atoms with van der Waals surface area (Å²) in [6, 6.07) is 4.04. The second-order valence-corrected chi connectivity index (χ2v) is 3.90. The summed E-state index contributed by atoms with van der Waals surface area (Å²) < 4.78 is 0.818. The molecule has 10 heavy (non-hydrogen) atoms. The lowest BCUT2D eigenvalue weighted by Gasteiger charge is -2.02. The van der Waals surface area contributed by atoms with Gasteiger partial charge in [0.1, 0.15) is 0 Å². The van der Waals surface area contributed by atoms with E-state index in [2.05, 4.69) is 6.92 Å². The molecule has 0 bridgehead atoms. The first-order valence-corrected chi connectivity index (χ1v) is 4.44. The average molecular weight is 176 g/mol. The van der Waals surface area contributed by atoms with Crippen LogP contribution in [0.4, 0.5) is 0 Å². The molecule has 0 radical (unpaired) electrons. The molecule has 1 atom stereocenters. The molecule has 1 aromatic heterocycles. The van der Waals surface area contributed by atoms with Crippen LogP contribution in [-0.4, -0.2) is 0 Å². The molecule has 3 heteroatoms. The van der Waals surface area contributed by atoms with Crippen LogP contribution in [0.25, 0.3) is 0 Å². The number of halogens is 1. The third-order valence-corrected chi connectivity index (χ3v) is 2.76. The Bertz CT molecular complexity index is 209. The molecule has 0 aliphatic heterocycles. The first-order chi connectivity index (χ1) is 4.74. The fourth-order valence-electron chi connectivity index (χ4n) is 0.729. The molecule has 56 valence electrons. The van der Waals surface area contributed by atoms with Crippen molar-refractivity contribution < 1.29 is 0 Å². The Morgan fingerprint density at radius 2 is 2.40 bits per heavy atom. The van der Waals surface area contributed by atoms with Gasteiger partial charge in [0, 0.05) is 10.9 Å². The molecule has 0 amide bonds. The van der Waals surface area contributed by atoms with Crippen molar-refractivity contribution in [3.05, 3.63) is 21.3 Å². The Labute approximate surface area is 69.8 Å². The molecule has 0 aromatic carbocycles. The van der Waals surface area contributed by atoms with Crippen molar-refractivity contribution in [2.24, 2.45) is 5.73 Å². The van der Waals surface area contributed by atoms with Crippen molar-refractivity contribution in [2.45, 2.75) is 19.4 Å². The highest BCUT2D eigenvalue weighted by molar-refractivity contribution is 7.16. The molecule has 0 unspecified atom stereocenters. The second kappa shape index (κ2) is 3.37. The van der Waals surface area contributed by atoms with E-state index in [1.165, 1.54) is 4.88 Å². The highest BCUT2D eigenvalue weighted by Crippen LogP contribution is 2.26. The first kappa shape index (κ1) is 8.05. The quantitative estimate of drug-likeness (QED) is 0.735. The maximum atomic E-state index is 5.76. The van der Waals surface area contributed by atoms with Gasteiger partial charge in [0.2, 0.25) is 0 Å². The van der Waals surface area contributed by atoms with Gasteiger partial charge in [-0.3, -0.25) is 0 Å². The molecular formula is C7H10ClNS. The first-order valence-electron chi connectivity index (χ1n) is 3.25. The van der Waals surface area contributed by atoms with Crippen molar-refractivity contribution in [1.29, 1.82) is 0 Å². The van der Waals surface area contributed by atoms with E-state index in [-0.39, 0.29) is 6.04 Å². The van der Waals surface area contributed by atoms with Crippen molar-refractivity contribution in [1.82, 2.24) is 0 Å². The summed E-state index contributed by atoms with van der Waals surface area (Å²) in [7, 11) is 0. The van der Waals surface area contributed by atoms with Crippen LogP contribution in [0.2, 0.25) is 4.34 Å². The molecule has 1 nitrogen and oxygen atoms in total. The van der Waals surface area contributed by atoms with Crippen LogP contribution in [0, 0.1) is 0 Å². The van der Waals surface area contributed by atoms with E-state index in [0.29, 0.717) is 0 Å². The summed E-state index contributed by atoms with van der Waals surface area (Å²) in [6.07, 6.45) is 0.969. The van der Waals surface area contributed by atoms with Gasteiger partial charge in [0.15, 0.2) is 0 Å². The molecule has 0 fully saturated rings. The summed E-state index contributed by atoms with van der Waals surface area (Å²) in [6.45, 7) is 2.07. The Balaban J connectivity index is 2.74. The van der Waals surface area contributed by atoms with Crippen molar-refractivity contribution in [3.8, 4) is 0 Å². The Hall–Kier alpha value is -0.0500. The van der Waals surface area contributed by atoms with E-state index >= 15 is 0 Å². The Morgan fingerprint density at radius 1 is 1.70 bits per heavy atom. The lowest BCUT2D eigenvalue weighted by Crippen LogP contribution is -2.05. The predicted octanol–water partition coefficient (Wildman–Crippen LogP) is 2.81. The van der Waals surface area contributed by atoms with Crippen LogP contribution in [0.5, 0.6) is 0 Å². The summed E-state index contributed by atoms with van der Waals surface area (Å²) in [4.78, 5) is 1.17. The summed E-state index contributed by atoms with van der Waals surface area (Å²) in [5.41, 5.74) is 5.76. The van der Waals surface area contributed by atoms with Crippen molar-refractivity contribution in [2.75, 3.05) is 0 Å². The van der Waals surface area contributed by atoms with Crippen LogP contribution < -0.4 is 5.73 Å². The molecule has 1 rings (SSSR count). The normalized spacial score (nSPS) is 13.5. The van der Waals surface area contributed by atoms with Gasteiger partial charge < -0.3 is 5.73 Å². The maximum Gasteiger partial charge on any atom is 0.0931 e. The van der Waals surface area contributed by atoms with Crippen LogP contribution in [0.3, 0.4) is 0 Å². The summed E-state index contributed by atoms with van der Waals surface area (Å²) in [5.74, 6) is 0. The molecule has 0 aliphatic rings. The fraction of sp³-hybridized carbons (Fsp3) is 0.429. The molecular weight excluding hydrogens is 166 g/mol. The summed E-state index contributed by atoms with van der Waals surface area (Å²) >= 11 is 7.29. The number of nitrogens with two attached hydrogens (primary N) is 1. The Kier molecular flexibility index (Phi) is 2.72. The number of thiophene rings is 1. The van der Waals surface area contributed by atoms with Gasteiger partial charge >= 0.3 is 0 Å². The minimum atomic E-state index is 0.164. The van der Waals surface area contributed by atoms with Crippen LogP contribution in [0.15, 0.2) is 12.1 Å². The number of rotatable bonds is 2. The van der Waals surface area contributed by atoms with E-state index in [0.717, 1.165) is 10.8 Å². The maximum absolute atomic E-state index is 5.76. The molecule has 0 aliphatic carbocycles. The molecule has 0 spiro atoms. The highest BCUT2D eigenvalue weighted by atomic mass is 35.5. The molecule has 1 heterocycles. The zero-order valence-corrected chi connectivity index (χ0v) is 7.38. The van der Waals surface area contributed by atoms with E-state index < -0.39 is 0 Å². The standard InChI is InChI=1S/C7H10ClNS/c1-2-5(9)6-3-4-7(8)10-6/h3-5H,2,9H2,1H3/t5-/m0/s1. The monoisotopic (exact) mass is 175 g/mol. The van der Waals surface area contributed by atoms with Gasteiger partial charge in [0.25, 0.3) is 0 Å². The predicted molar refractivity (Wildman–Crippen MR) is 46.5 cm³/mol.